The lowest BCUT2D eigenvalue weighted by Crippen LogP contribution is -2.15. The third-order valence-electron chi connectivity index (χ3n) is 4.58. The Morgan fingerprint density at radius 1 is 1.12 bits per heavy atom. The molecule has 0 fully saturated rings. The number of nitrogens with two attached hydrogens (primary N) is 1. The first-order chi connectivity index (χ1) is 12.2. The molecule has 1 aliphatic rings. The van der Waals surface area contributed by atoms with Gasteiger partial charge in [0.15, 0.2) is 5.82 Å². The monoisotopic (exact) mass is 332 g/mol. The Morgan fingerprint density at radius 3 is 2.76 bits per heavy atom. The van der Waals surface area contributed by atoms with Crippen LogP contribution in [-0.4, -0.2) is 16.1 Å². The number of aromatic nitrogens is 2. The number of carbonyl (C=O) groups is 1. The zero-order valence-electron chi connectivity index (χ0n) is 13.9. The SMILES string of the molecule is Nc1cccc(-c2cccc(CC(=O)Nc3n[nH]c4c3CCC4)c2)c1. The first kappa shape index (κ1) is 15.4. The molecule has 0 atom stereocenters. The van der Waals surface area contributed by atoms with E-state index in [0.717, 1.165) is 52.9 Å². The van der Waals surface area contributed by atoms with E-state index in [1.807, 2.05) is 48.5 Å². The standard InChI is InChI=1S/C20H20N4O/c21-16-7-2-6-15(12-16)14-5-1-4-13(10-14)11-19(25)22-20-17-8-3-9-18(17)23-24-20/h1-2,4-7,10,12H,3,8-9,11,21H2,(H2,22,23,24,25). The third-order valence-corrected chi connectivity index (χ3v) is 4.58. The quantitative estimate of drug-likeness (QED) is 0.641. The molecule has 0 saturated heterocycles. The lowest BCUT2D eigenvalue weighted by molar-refractivity contribution is -0.115. The summed E-state index contributed by atoms with van der Waals surface area (Å²) in [6, 6.07) is 15.7. The molecule has 0 unspecified atom stereocenters. The molecular formula is C20H20N4O. The van der Waals surface area contributed by atoms with Gasteiger partial charge in [0.1, 0.15) is 0 Å². The Bertz CT molecular complexity index is 929. The molecule has 0 spiro atoms. The van der Waals surface area contributed by atoms with Gasteiger partial charge in [0.05, 0.1) is 6.42 Å². The van der Waals surface area contributed by atoms with Gasteiger partial charge in [-0.2, -0.15) is 5.10 Å². The number of nitrogen functional groups attached to an aromatic ring is 1. The molecule has 1 heterocycles. The van der Waals surface area contributed by atoms with E-state index in [1.54, 1.807) is 0 Å². The Balaban J connectivity index is 1.49. The normalized spacial score (nSPS) is 12.8. The minimum absolute atomic E-state index is 0.0501. The van der Waals surface area contributed by atoms with Crippen LogP contribution < -0.4 is 11.1 Å². The predicted molar refractivity (Wildman–Crippen MR) is 99.2 cm³/mol. The van der Waals surface area contributed by atoms with E-state index in [1.165, 1.54) is 0 Å². The van der Waals surface area contributed by atoms with Crippen molar-refractivity contribution >= 4 is 17.4 Å². The summed E-state index contributed by atoms with van der Waals surface area (Å²) < 4.78 is 0. The number of rotatable bonds is 4. The molecule has 4 rings (SSSR count). The number of aromatic amines is 1. The number of fused-ring (bicyclic) bond motifs is 1. The summed E-state index contributed by atoms with van der Waals surface area (Å²) in [4.78, 5) is 12.4. The molecule has 2 aromatic carbocycles. The fourth-order valence-electron chi connectivity index (χ4n) is 3.36. The maximum Gasteiger partial charge on any atom is 0.230 e. The van der Waals surface area contributed by atoms with Crippen LogP contribution in [0.25, 0.3) is 11.1 Å². The average molecular weight is 332 g/mol. The van der Waals surface area contributed by atoms with E-state index in [4.69, 9.17) is 5.73 Å². The first-order valence-corrected chi connectivity index (χ1v) is 8.50. The number of anilines is 2. The number of aryl methyl sites for hydroxylation is 1. The number of amides is 1. The van der Waals surface area contributed by atoms with Crippen LogP contribution in [0, 0.1) is 0 Å². The van der Waals surface area contributed by atoms with Crippen molar-refractivity contribution < 1.29 is 4.79 Å². The predicted octanol–water partition coefficient (Wildman–Crippen LogP) is 3.33. The molecule has 1 amide bonds. The summed E-state index contributed by atoms with van der Waals surface area (Å²) in [6.07, 6.45) is 3.43. The molecule has 0 radical (unpaired) electrons. The van der Waals surface area contributed by atoms with Gasteiger partial charge in [-0.05, 0) is 48.1 Å². The van der Waals surface area contributed by atoms with Gasteiger partial charge in [-0.1, -0.05) is 36.4 Å². The number of carbonyl (C=O) groups excluding carboxylic acids is 1. The van der Waals surface area contributed by atoms with Crippen molar-refractivity contribution in [2.45, 2.75) is 25.7 Å². The van der Waals surface area contributed by atoms with E-state index >= 15 is 0 Å². The van der Waals surface area contributed by atoms with E-state index in [-0.39, 0.29) is 5.91 Å². The maximum absolute atomic E-state index is 12.4. The molecule has 5 heteroatoms. The van der Waals surface area contributed by atoms with Crippen molar-refractivity contribution in [2.24, 2.45) is 0 Å². The smallest absolute Gasteiger partial charge is 0.230 e. The van der Waals surface area contributed by atoms with Gasteiger partial charge >= 0.3 is 0 Å². The highest BCUT2D eigenvalue weighted by Crippen LogP contribution is 2.26. The molecule has 0 aliphatic heterocycles. The van der Waals surface area contributed by atoms with Crippen LogP contribution in [0.5, 0.6) is 0 Å². The fraction of sp³-hybridized carbons (Fsp3) is 0.200. The summed E-state index contributed by atoms with van der Waals surface area (Å²) in [7, 11) is 0. The van der Waals surface area contributed by atoms with Crippen molar-refractivity contribution in [3.8, 4) is 11.1 Å². The minimum atomic E-state index is -0.0501. The Labute approximate surface area is 146 Å². The Kier molecular flexibility index (Phi) is 3.98. The molecular weight excluding hydrogens is 312 g/mol. The second-order valence-electron chi connectivity index (χ2n) is 6.43. The lowest BCUT2D eigenvalue weighted by Gasteiger charge is -2.07. The number of nitrogens with one attached hydrogen (secondary N) is 2. The summed E-state index contributed by atoms with van der Waals surface area (Å²) >= 11 is 0. The van der Waals surface area contributed by atoms with Crippen molar-refractivity contribution in [3.05, 3.63) is 65.4 Å². The van der Waals surface area contributed by atoms with Crippen LogP contribution in [-0.2, 0) is 24.1 Å². The van der Waals surface area contributed by atoms with E-state index < -0.39 is 0 Å². The zero-order valence-corrected chi connectivity index (χ0v) is 13.9. The fourth-order valence-corrected chi connectivity index (χ4v) is 3.36. The minimum Gasteiger partial charge on any atom is -0.399 e. The number of hydrogen-bond donors (Lipinski definition) is 3. The molecule has 3 aromatic rings. The molecule has 5 nitrogen and oxygen atoms in total. The third kappa shape index (κ3) is 3.26. The molecule has 1 aromatic heterocycles. The summed E-state index contributed by atoms with van der Waals surface area (Å²) in [5.41, 5.74) is 12.0. The van der Waals surface area contributed by atoms with E-state index in [0.29, 0.717) is 12.2 Å². The highest BCUT2D eigenvalue weighted by atomic mass is 16.1. The van der Waals surface area contributed by atoms with Crippen LogP contribution in [0.2, 0.25) is 0 Å². The van der Waals surface area contributed by atoms with Crippen LogP contribution in [0.3, 0.4) is 0 Å². The molecule has 25 heavy (non-hydrogen) atoms. The first-order valence-electron chi connectivity index (χ1n) is 8.50. The Morgan fingerprint density at radius 2 is 1.92 bits per heavy atom. The second-order valence-corrected chi connectivity index (χ2v) is 6.43. The zero-order chi connectivity index (χ0) is 17.2. The molecule has 1 aliphatic carbocycles. The van der Waals surface area contributed by atoms with Gasteiger partial charge in [0.25, 0.3) is 0 Å². The highest BCUT2D eigenvalue weighted by molar-refractivity contribution is 5.92. The molecule has 4 N–H and O–H groups in total. The number of H-pyrrole nitrogens is 1. The highest BCUT2D eigenvalue weighted by Gasteiger charge is 2.19. The van der Waals surface area contributed by atoms with Crippen LogP contribution in [0.4, 0.5) is 11.5 Å². The number of benzene rings is 2. The van der Waals surface area contributed by atoms with Crippen LogP contribution >= 0.6 is 0 Å². The van der Waals surface area contributed by atoms with Crippen molar-refractivity contribution in [2.75, 3.05) is 11.1 Å². The van der Waals surface area contributed by atoms with Crippen LogP contribution in [0.15, 0.2) is 48.5 Å². The van der Waals surface area contributed by atoms with Gasteiger partial charge < -0.3 is 11.1 Å². The van der Waals surface area contributed by atoms with Gasteiger partial charge in [-0.3, -0.25) is 9.89 Å². The topological polar surface area (TPSA) is 83.8 Å². The van der Waals surface area contributed by atoms with Crippen LogP contribution in [0.1, 0.15) is 23.2 Å². The van der Waals surface area contributed by atoms with Crippen molar-refractivity contribution in [3.63, 3.8) is 0 Å². The molecule has 0 bridgehead atoms. The largest absolute Gasteiger partial charge is 0.399 e. The van der Waals surface area contributed by atoms with Crippen molar-refractivity contribution in [1.82, 2.24) is 10.2 Å². The average Bonchev–Trinajstić information content (AvgIpc) is 3.20. The van der Waals surface area contributed by atoms with E-state index in [9.17, 15) is 4.79 Å². The summed E-state index contributed by atoms with van der Waals surface area (Å²) in [5.74, 6) is 0.635. The number of hydrogen-bond acceptors (Lipinski definition) is 3. The van der Waals surface area contributed by atoms with Gasteiger partial charge in [0, 0.05) is 16.9 Å². The van der Waals surface area contributed by atoms with Gasteiger partial charge in [-0.15, -0.1) is 0 Å². The van der Waals surface area contributed by atoms with Crippen molar-refractivity contribution in [1.29, 1.82) is 0 Å². The van der Waals surface area contributed by atoms with Gasteiger partial charge in [-0.25, -0.2) is 0 Å². The lowest BCUT2D eigenvalue weighted by atomic mass is 10.0. The second kappa shape index (κ2) is 6.43. The maximum atomic E-state index is 12.4. The number of nitrogens with zero attached hydrogens (tertiary/aromatic N) is 1. The molecule has 0 saturated carbocycles. The Hall–Kier alpha value is -3.08. The summed E-state index contributed by atoms with van der Waals surface area (Å²) in [6.45, 7) is 0. The van der Waals surface area contributed by atoms with E-state index in [2.05, 4.69) is 15.5 Å². The van der Waals surface area contributed by atoms with Gasteiger partial charge in [0.2, 0.25) is 5.91 Å². The summed E-state index contributed by atoms with van der Waals surface area (Å²) in [5, 5.41) is 10.2. The molecule has 126 valence electrons.